The van der Waals surface area contributed by atoms with Crippen LogP contribution >= 0.6 is 19.2 Å². The minimum Gasteiger partial charge on any atom is -0.486 e. The summed E-state index contributed by atoms with van der Waals surface area (Å²) in [5, 5.41) is 6.37. The highest BCUT2D eigenvalue weighted by molar-refractivity contribution is 7.54. The van der Waals surface area contributed by atoms with Gasteiger partial charge in [-0.2, -0.15) is 0 Å². The third-order valence-electron chi connectivity index (χ3n) is 5.36. The lowest BCUT2D eigenvalue weighted by Crippen LogP contribution is -2.21. The number of hydrogen-bond acceptors (Lipinski definition) is 9. The first-order chi connectivity index (χ1) is 17.8. The predicted octanol–water partition coefficient (Wildman–Crippen LogP) is 5.54. The van der Waals surface area contributed by atoms with E-state index in [4.69, 9.17) is 30.1 Å². The van der Waals surface area contributed by atoms with E-state index in [1.807, 2.05) is 0 Å². The summed E-state index contributed by atoms with van der Waals surface area (Å²) in [5.41, 5.74) is 1.36. The van der Waals surface area contributed by atoms with E-state index in [1.165, 1.54) is 24.5 Å². The maximum Gasteiger partial charge on any atom is 0.340 e. The number of halogens is 2. The zero-order valence-corrected chi connectivity index (χ0v) is 22.0. The molecular weight excluding hydrogens is 526 g/mol. The molecule has 2 aromatic carbocycles. The van der Waals surface area contributed by atoms with E-state index in [0.717, 1.165) is 0 Å². The molecule has 1 amide bonds. The van der Waals surface area contributed by atoms with Crippen LogP contribution in [-0.2, 0) is 23.1 Å². The first kappa shape index (κ1) is 27.2. The zero-order chi connectivity index (χ0) is 26.4. The molecule has 1 saturated heterocycles. The largest absolute Gasteiger partial charge is 0.486 e. The molecule has 1 atom stereocenters. The molecule has 2 N–H and O–H groups in total. The van der Waals surface area contributed by atoms with Crippen LogP contribution in [0, 0.1) is 5.82 Å². The van der Waals surface area contributed by atoms with Gasteiger partial charge in [-0.1, -0.05) is 11.6 Å². The molecule has 37 heavy (non-hydrogen) atoms. The molecule has 0 aliphatic carbocycles. The van der Waals surface area contributed by atoms with Crippen molar-refractivity contribution in [3.8, 4) is 5.75 Å². The van der Waals surface area contributed by atoms with Crippen molar-refractivity contribution in [1.82, 2.24) is 9.97 Å². The lowest BCUT2D eigenvalue weighted by molar-refractivity contribution is -0.114. The van der Waals surface area contributed by atoms with E-state index in [2.05, 4.69) is 20.6 Å². The van der Waals surface area contributed by atoms with Gasteiger partial charge in [0.1, 0.15) is 36.0 Å². The molecule has 0 saturated carbocycles. The quantitative estimate of drug-likeness (QED) is 0.295. The highest BCUT2D eigenvalue weighted by Crippen LogP contribution is 2.48. The molecule has 0 unspecified atom stereocenters. The van der Waals surface area contributed by atoms with Gasteiger partial charge in [0.05, 0.1) is 42.7 Å². The van der Waals surface area contributed by atoms with Crippen LogP contribution < -0.4 is 15.4 Å². The third-order valence-corrected chi connectivity index (χ3v) is 7.63. The lowest BCUT2D eigenvalue weighted by Gasteiger charge is -2.19. The van der Waals surface area contributed by atoms with Gasteiger partial charge in [0, 0.05) is 23.6 Å². The van der Waals surface area contributed by atoms with Crippen LogP contribution in [0.2, 0.25) is 5.02 Å². The summed E-state index contributed by atoms with van der Waals surface area (Å²) < 4.78 is 48.5. The molecule has 4 rings (SSSR count). The minimum absolute atomic E-state index is 0.0428. The minimum atomic E-state index is -3.62. The van der Waals surface area contributed by atoms with Crippen molar-refractivity contribution in [3.05, 3.63) is 47.5 Å². The molecule has 2 heterocycles. The van der Waals surface area contributed by atoms with Gasteiger partial charge in [0.25, 0.3) is 0 Å². The molecule has 13 heteroatoms. The second kappa shape index (κ2) is 12.1. The first-order valence-electron chi connectivity index (χ1n) is 11.7. The van der Waals surface area contributed by atoms with Crippen molar-refractivity contribution in [2.75, 3.05) is 43.2 Å². The van der Waals surface area contributed by atoms with Crippen molar-refractivity contribution < 1.29 is 32.3 Å². The molecule has 1 fully saturated rings. The Kier molecular flexibility index (Phi) is 8.94. The molecular formula is C24H27ClFN4O6P. The summed E-state index contributed by atoms with van der Waals surface area (Å²) >= 11 is 5.91. The van der Waals surface area contributed by atoms with Gasteiger partial charge in [-0.15, -0.1) is 0 Å². The van der Waals surface area contributed by atoms with Crippen LogP contribution in [0.15, 0.2) is 36.7 Å². The Morgan fingerprint density at radius 1 is 1.22 bits per heavy atom. The van der Waals surface area contributed by atoms with Crippen molar-refractivity contribution >= 4 is 53.2 Å². The first-order valence-corrected chi connectivity index (χ1v) is 13.8. The van der Waals surface area contributed by atoms with Gasteiger partial charge in [0.2, 0.25) is 5.91 Å². The molecule has 0 bridgehead atoms. The third kappa shape index (κ3) is 6.94. The second-order valence-corrected chi connectivity index (χ2v) is 10.6. The molecule has 1 aliphatic heterocycles. The van der Waals surface area contributed by atoms with E-state index in [1.54, 1.807) is 26.0 Å². The van der Waals surface area contributed by atoms with Crippen LogP contribution in [0.1, 0.15) is 20.3 Å². The fraction of sp³-hybridized carbons (Fsp3) is 0.375. The van der Waals surface area contributed by atoms with E-state index < -0.39 is 25.5 Å². The number of carbonyl (C=O) groups is 1. The number of ether oxygens (including phenoxy) is 2. The Morgan fingerprint density at radius 2 is 2.00 bits per heavy atom. The molecule has 198 valence electrons. The van der Waals surface area contributed by atoms with Crippen molar-refractivity contribution in [1.29, 1.82) is 0 Å². The van der Waals surface area contributed by atoms with E-state index in [-0.39, 0.29) is 24.3 Å². The van der Waals surface area contributed by atoms with Crippen molar-refractivity contribution in [2.24, 2.45) is 0 Å². The summed E-state index contributed by atoms with van der Waals surface area (Å²) in [4.78, 5) is 21.6. The normalized spacial score (nSPS) is 15.6. The number of rotatable bonds is 11. The number of fused-ring (bicyclic) bond motifs is 1. The number of benzene rings is 2. The van der Waals surface area contributed by atoms with E-state index in [9.17, 15) is 13.8 Å². The number of anilines is 3. The smallest absolute Gasteiger partial charge is 0.340 e. The Labute approximate surface area is 218 Å². The lowest BCUT2D eigenvalue weighted by atomic mass is 10.1. The molecule has 1 aliphatic rings. The van der Waals surface area contributed by atoms with Crippen molar-refractivity contribution in [3.63, 3.8) is 0 Å². The van der Waals surface area contributed by atoms with Gasteiger partial charge in [0.15, 0.2) is 0 Å². The number of nitrogens with one attached hydrogen (secondary N) is 2. The Bertz CT molecular complexity index is 1310. The standard InChI is InChI=1S/C24H27ClFN4O6P/c1-3-34-37(32,35-4-2)13-23(31)30-21-10-17-20(11-22(21)36-16-7-8-33-12-16)27-14-28-24(17)29-15-5-6-19(26)18(25)9-15/h5-6,9-11,14,16H,3-4,7-8,12-13H2,1-2H3,(H,30,31)(H,27,28,29)/t16-/m0/s1. The number of hydrogen-bond donors (Lipinski definition) is 2. The molecule has 3 aromatic rings. The summed E-state index contributed by atoms with van der Waals surface area (Å²) in [5.74, 6) is -0.352. The topological polar surface area (TPSA) is 121 Å². The van der Waals surface area contributed by atoms with Gasteiger partial charge < -0.3 is 29.2 Å². The average molecular weight is 553 g/mol. The van der Waals surface area contributed by atoms with Gasteiger partial charge in [-0.25, -0.2) is 14.4 Å². The summed E-state index contributed by atoms with van der Waals surface area (Å²) in [7, 11) is -3.62. The van der Waals surface area contributed by atoms with Crippen LogP contribution in [-0.4, -0.2) is 54.6 Å². The number of nitrogens with zero attached hydrogens (tertiary/aromatic N) is 2. The Hall–Kier alpha value is -2.82. The van der Waals surface area contributed by atoms with Crippen LogP contribution in [0.4, 0.5) is 21.6 Å². The highest BCUT2D eigenvalue weighted by Gasteiger charge is 2.29. The van der Waals surface area contributed by atoms with Gasteiger partial charge in [-0.05, 0) is 38.1 Å². The zero-order valence-electron chi connectivity index (χ0n) is 20.3. The highest BCUT2D eigenvalue weighted by atomic mass is 35.5. The Morgan fingerprint density at radius 3 is 2.68 bits per heavy atom. The molecule has 10 nitrogen and oxygen atoms in total. The number of carbonyl (C=O) groups excluding carboxylic acids is 1. The average Bonchev–Trinajstić information content (AvgIpc) is 3.35. The van der Waals surface area contributed by atoms with Crippen LogP contribution in [0.5, 0.6) is 5.75 Å². The SMILES string of the molecule is CCOP(=O)(CC(=O)Nc1cc2c(Nc3ccc(F)c(Cl)c3)ncnc2cc1O[C@H]1CCOC1)OCC. The van der Waals surface area contributed by atoms with E-state index in [0.29, 0.717) is 53.5 Å². The van der Waals surface area contributed by atoms with Crippen molar-refractivity contribution in [2.45, 2.75) is 26.4 Å². The Balaban J connectivity index is 1.68. The maximum atomic E-state index is 13.6. The number of amides is 1. The predicted molar refractivity (Wildman–Crippen MR) is 138 cm³/mol. The van der Waals surface area contributed by atoms with E-state index >= 15 is 0 Å². The fourth-order valence-electron chi connectivity index (χ4n) is 3.76. The van der Waals surface area contributed by atoms with Gasteiger partial charge >= 0.3 is 7.60 Å². The van der Waals surface area contributed by atoms with Gasteiger partial charge in [-0.3, -0.25) is 9.36 Å². The summed E-state index contributed by atoms with van der Waals surface area (Å²) in [6.07, 6.45) is 1.39. The molecule has 0 spiro atoms. The summed E-state index contributed by atoms with van der Waals surface area (Å²) in [6, 6.07) is 7.53. The maximum absolute atomic E-state index is 13.6. The monoisotopic (exact) mass is 552 g/mol. The van der Waals surface area contributed by atoms with Crippen LogP contribution in [0.25, 0.3) is 10.9 Å². The fourth-order valence-corrected chi connectivity index (χ4v) is 5.42. The van der Waals surface area contributed by atoms with Crippen LogP contribution in [0.3, 0.4) is 0 Å². The summed E-state index contributed by atoms with van der Waals surface area (Å²) in [6.45, 7) is 4.60. The molecule has 1 aromatic heterocycles. The second-order valence-electron chi connectivity index (χ2n) is 8.10. The molecule has 0 radical (unpaired) electrons. The number of aromatic nitrogens is 2.